The van der Waals surface area contributed by atoms with Crippen LogP contribution in [0.25, 0.3) is 0 Å². The van der Waals surface area contributed by atoms with Gasteiger partial charge in [-0.05, 0) is 30.4 Å². The van der Waals surface area contributed by atoms with E-state index in [2.05, 4.69) is 5.32 Å². The molecule has 1 aliphatic rings. The standard InChI is InChI=1S/C17H23NO4/c1-11(2)8-14(17(20)21-3)18-16(19)13-9-12-6-4-5-7-15(12)22-10-13/h4-7,11,13-14H,8-10H2,1-3H3,(H,18,19). The summed E-state index contributed by atoms with van der Waals surface area (Å²) in [6.45, 7) is 4.34. The monoisotopic (exact) mass is 305 g/mol. The Balaban J connectivity index is 2.00. The largest absolute Gasteiger partial charge is 0.492 e. The lowest BCUT2D eigenvalue weighted by Crippen LogP contribution is -2.47. The van der Waals surface area contributed by atoms with Gasteiger partial charge in [0.15, 0.2) is 0 Å². The summed E-state index contributed by atoms with van der Waals surface area (Å²) >= 11 is 0. The zero-order valence-corrected chi connectivity index (χ0v) is 13.3. The van der Waals surface area contributed by atoms with Gasteiger partial charge in [0.1, 0.15) is 18.4 Å². The molecule has 1 aromatic carbocycles. The fourth-order valence-electron chi connectivity index (χ4n) is 2.61. The van der Waals surface area contributed by atoms with E-state index in [9.17, 15) is 9.59 Å². The van der Waals surface area contributed by atoms with Gasteiger partial charge in [-0.3, -0.25) is 4.79 Å². The molecule has 1 N–H and O–H groups in total. The second kappa shape index (κ2) is 7.29. The van der Waals surface area contributed by atoms with Gasteiger partial charge in [-0.1, -0.05) is 32.0 Å². The van der Waals surface area contributed by atoms with Crippen LogP contribution in [-0.2, 0) is 20.7 Å². The molecule has 5 nitrogen and oxygen atoms in total. The van der Waals surface area contributed by atoms with Crippen molar-refractivity contribution < 1.29 is 19.1 Å². The number of esters is 1. The molecule has 1 heterocycles. The summed E-state index contributed by atoms with van der Waals surface area (Å²) in [6, 6.07) is 7.10. The van der Waals surface area contributed by atoms with Gasteiger partial charge in [-0.25, -0.2) is 4.79 Å². The molecule has 0 saturated carbocycles. The Labute approximate surface area is 131 Å². The number of hydrogen-bond acceptors (Lipinski definition) is 4. The number of carbonyl (C=O) groups excluding carboxylic acids is 2. The van der Waals surface area contributed by atoms with Crippen molar-refractivity contribution in [2.45, 2.75) is 32.7 Å². The van der Waals surface area contributed by atoms with Crippen LogP contribution in [0.5, 0.6) is 5.75 Å². The molecule has 2 unspecified atom stereocenters. The zero-order chi connectivity index (χ0) is 16.1. The van der Waals surface area contributed by atoms with Crippen LogP contribution < -0.4 is 10.1 Å². The molecule has 2 atom stereocenters. The third-order valence-electron chi connectivity index (χ3n) is 3.76. The summed E-state index contributed by atoms with van der Waals surface area (Å²) < 4.78 is 10.4. The first-order chi connectivity index (χ1) is 10.5. The summed E-state index contributed by atoms with van der Waals surface area (Å²) in [6.07, 6.45) is 1.18. The highest BCUT2D eigenvalue weighted by atomic mass is 16.5. The summed E-state index contributed by atoms with van der Waals surface area (Å²) in [4.78, 5) is 24.2. The molecule has 2 rings (SSSR count). The highest BCUT2D eigenvalue weighted by Gasteiger charge is 2.30. The molecular weight excluding hydrogens is 282 g/mol. The molecular formula is C17H23NO4. The minimum atomic E-state index is -0.602. The van der Waals surface area contributed by atoms with Crippen LogP contribution in [0.15, 0.2) is 24.3 Å². The van der Waals surface area contributed by atoms with Crippen LogP contribution in [-0.4, -0.2) is 31.6 Å². The maximum absolute atomic E-state index is 12.4. The third-order valence-corrected chi connectivity index (χ3v) is 3.76. The number of fused-ring (bicyclic) bond motifs is 1. The van der Waals surface area contributed by atoms with Gasteiger partial charge in [0.25, 0.3) is 0 Å². The molecule has 1 amide bonds. The number of rotatable bonds is 5. The molecule has 0 bridgehead atoms. The molecule has 120 valence electrons. The molecule has 5 heteroatoms. The zero-order valence-electron chi connectivity index (χ0n) is 13.3. The normalized spacial score (nSPS) is 18.1. The molecule has 0 radical (unpaired) electrons. The fraction of sp³-hybridized carbons (Fsp3) is 0.529. The van der Waals surface area contributed by atoms with E-state index in [4.69, 9.17) is 9.47 Å². The van der Waals surface area contributed by atoms with E-state index in [0.717, 1.165) is 11.3 Å². The first-order valence-electron chi connectivity index (χ1n) is 7.60. The molecule has 1 aromatic rings. The maximum Gasteiger partial charge on any atom is 0.328 e. The molecule has 0 spiro atoms. The lowest BCUT2D eigenvalue weighted by molar-refractivity contribution is -0.146. The predicted molar refractivity (Wildman–Crippen MR) is 82.5 cm³/mol. The molecule has 22 heavy (non-hydrogen) atoms. The molecule has 0 aliphatic carbocycles. The van der Waals surface area contributed by atoms with Crippen LogP contribution >= 0.6 is 0 Å². The van der Waals surface area contributed by atoms with E-state index in [1.54, 1.807) is 0 Å². The molecule has 0 fully saturated rings. The number of methoxy groups -OCH3 is 1. The van der Waals surface area contributed by atoms with Gasteiger partial charge in [0, 0.05) is 0 Å². The Morgan fingerprint density at radius 1 is 1.36 bits per heavy atom. The van der Waals surface area contributed by atoms with Crippen molar-refractivity contribution in [3.8, 4) is 5.75 Å². The van der Waals surface area contributed by atoms with Crippen molar-refractivity contribution in [1.82, 2.24) is 5.32 Å². The fourth-order valence-corrected chi connectivity index (χ4v) is 2.61. The summed E-state index contributed by atoms with van der Waals surface area (Å²) in [7, 11) is 1.34. The highest BCUT2D eigenvalue weighted by Crippen LogP contribution is 2.27. The Bertz CT molecular complexity index is 541. The van der Waals surface area contributed by atoms with Crippen molar-refractivity contribution in [3.63, 3.8) is 0 Å². The van der Waals surface area contributed by atoms with E-state index >= 15 is 0 Å². The van der Waals surface area contributed by atoms with Crippen LogP contribution in [0, 0.1) is 11.8 Å². The number of benzene rings is 1. The Morgan fingerprint density at radius 2 is 2.09 bits per heavy atom. The first-order valence-corrected chi connectivity index (χ1v) is 7.60. The number of hydrogen-bond donors (Lipinski definition) is 1. The molecule has 1 aliphatic heterocycles. The SMILES string of the molecule is COC(=O)C(CC(C)C)NC(=O)C1COc2ccccc2C1. The van der Waals surface area contributed by atoms with Gasteiger partial charge >= 0.3 is 5.97 Å². The van der Waals surface area contributed by atoms with Crippen molar-refractivity contribution in [1.29, 1.82) is 0 Å². The van der Waals surface area contributed by atoms with E-state index in [0.29, 0.717) is 19.4 Å². The average molecular weight is 305 g/mol. The van der Waals surface area contributed by atoms with Crippen LogP contribution in [0.3, 0.4) is 0 Å². The highest BCUT2D eigenvalue weighted by molar-refractivity contribution is 5.86. The van der Waals surface area contributed by atoms with Crippen LogP contribution in [0.2, 0.25) is 0 Å². The molecule has 0 aromatic heterocycles. The number of amides is 1. The minimum absolute atomic E-state index is 0.162. The van der Waals surface area contributed by atoms with Gasteiger partial charge < -0.3 is 14.8 Å². The predicted octanol–water partition coefficient (Wildman–Crippen LogP) is 1.94. The van der Waals surface area contributed by atoms with E-state index in [1.807, 2.05) is 38.1 Å². The lowest BCUT2D eigenvalue weighted by atomic mass is 9.95. The first kappa shape index (κ1) is 16.3. The quantitative estimate of drug-likeness (QED) is 0.844. The minimum Gasteiger partial charge on any atom is -0.492 e. The van der Waals surface area contributed by atoms with Crippen LogP contribution in [0.1, 0.15) is 25.8 Å². The topological polar surface area (TPSA) is 64.6 Å². The number of para-hydroxylation sites is 1. The summed E-state index contributed by atoms with van der Waals surface area (Å²) in [5.41, 5.74) is 1.02. The summed E-state index contributed by atoms with van der Waals surface area (Å²) in [5, 5.41) is 2.81. The Hall–Kier alpha value is -2.04. The second-order valence-electron chi connectivity index (χ2n) is 6.03. The third kappa shape index (κ3) is 4.00. The van der Waals surface area contributed by atoms with Crippen LogP contribution in [0.4, 0.5) is 0 Å². The molecule has 0 saturated heterocycles. The van der Waals surface area contributed by atoms with Gasteiger partial charge in [-0.15, -0.1) is 0 Å². The summed E-state index contributed by atoms with van der Waals surface area (Å²) in [5.74, 6) is 0.268. The van der Waals surface area contributed by atoms with E-state index < -0.39 is 12.0 Å². The maximum atomic E-state index is 12.4. The lowest BCUT2D eigenvalue weighted by Gasteiger charge is -2.26. The van der Waals surface area contributed by atoms with Crippen molar-refractivity contribution >= 4 is 11.9 Å². The average Bonchev–Trinajstić information content (AvgIpc) is 2.52. The van der Waals surface area contributed by atoms with Gasteiger partial charge in [0.2, 0.25) is 5.91 Å². The smallest absolute Gasteiger partial charge is 0.328 e. The van der Waals surface area contributed by atoms with Crippen molar-refractivity contribution in [3.05, 3.63) is 29.8 Å². The van der Waals surface area contributed by atoms with Crippen molar-refractivity contribution in [2.75, 3.05) is 13.7 Å². The van der Waals surface area contributed by atoms with Gasteiger partial charge in [-0.2, -0.15) is 0 Å². The Morgan fingerprint density at radius 3 is 2.77 bits per heavy atom. The number of nitrogens with one attached hydrogen (secondary N) is 1. The van der Waals surface area contributed by atoms with Gasteiger partial charge in [0.05, 0.1) is 13.0 Å². The Kier molecular flexibility index (Phi) is 5.41. The van der Waals surface area contributed by atoms with E-state index in [-0.39, 0.29) is 17.7 Å². The van der Waals surface area contributed by atoms with E-state index in [1.165, 1.54) is 7.11 Å². The second-order valence-corrected chi connectivity index (χ2v) is 6.03. The number of ether oxygens (including phenoxy) is 2. The van der Waals surface area contributed by atoms with Crippen molar-refractivity contribution in [2.24, 2.45) is 11.8 Å². The number of carbonyl (C=O) groups is 2.